The monoisotopic (exact) mass is 342 g/mol. The third kappa shape index (κ3) is 2.54. The largest absolute Gasteiger partial charge is 0.338 e. The average molecular weight is 344 g/mol. The number of hydrogen-bond donors (Lipinski definition) is 1. The van der Waals surface area contributed by atoms with Crippen molar-refractivity contribution in [1.29, 1.82) is 0 Å². The molecule has 1 atom stereocenters. The summed E-state index contributed by atoms with van der Waals surface area (Å²) in [5.41, 5.74) is 1.02. The van der Waals surface area contributed by atoms with E-state index in [9.17, 15) is 4.79 Å². The molecule has 3 rings (SSSR count). The number of rotatable bonds is 1. The standard InChI is InChI=1S/C14H16BrClN2O/c15-12-7-10(16)1-2-11(12)13(19)18-6-4-14(9-18)3-5-17-8-14/h1-2,7,17H,3-6,8-9H2. The molecular weight excluding hydrogens is 328 g/mol. The minimum Gasteiger partial charge on any atom is -0.338 e. The first-order chi connectivity index (χ1) is 9.10. The molecule has 1 amide bonds. The van der Waals surface area contributed by atoms with Crippen molar-refractivity contribution in [1.82, 2.24) is 10.2 Å². The molecule has 2 aliphatic rings. The Balaban J connectivity index is 1.78. The summed E-state index contributed by atoms with van der Waals surface area (Å²) in [6.07, 6.45) is 2.29. The highest BCUT2D eigenvalue weighted by molar-refractivity contribution is 9.10. The lowest BCUT2D eigenvalue weighted by Gasteiger charge is -2.23. The van der Waals surface area contributed by atoms with Gasteiger partial charge < -0.3 is 10.2 Å². The minimum absolute atomic E-state index is 0.104. The van der Waals surface area contributed by atoms with Crippen molar-refractivity contribution in [3.05, 3.63) is 33.3 Å². The van der Waals surface area contributed by atoms with E-state index in [1.807, 2.05) is 4.90 Å². The van der Waals surface area contributed by atoms with Gasteiger partial charge in [0.1, 0.15) is 0 Å². The zero-order valence-electron chi connectivity index (χ0n) is 10.6. The van der Waals surface area contributed by atoms with Crippen LogP contribution in [-0.4, -0.2) is 37.0 Å². The lowest BCUT2D eigenvalue weighted by molar-refractivity contribution is 0.0775. The predicted octanol–water partition coefficient (Wildman–Crippen LogP) is 2.93. The Morgan fingerprint density at radius 1 is 1.42 bits per heavy atom. The third-order valence-electron chi connectivity index (χ3n) is 4.22. The second-order valence-electron chi connectivity index (χ2n) is 5.53. The molecule has 1 N–H and O–H groups in total. The molecule has 2 saturated heterocycles. The van der Waals surface area contributed by atoms with Gasteiger partial charge in [-0.2, -0.15) is 0 Å². The molecule has 2 fully saturated rings. The topological polar surface area (TPSA) is 32.3 Å². The van der Waals surface area contributed by atoms with Crippen LogP contribution >= 0.6 is 27.5 Å². The number of halogens is 2. The van der Waals surface area contributed by atoms with Gasteiger partial charge in [0.15, 0.2) is 0 Å². The Morgan fingerprint density at radius 3 is 2.95 bits per heavy atom. The molecule has 2 aliphatic heterocycles. The fourth-order valence-electron chi connectivity index (χ4n) is 3.09. The van der Waals surface area contributed by atoms with Crippen LogP contribution in [0.25, 0.3) is 0 Å². The second-order valence-corrected chi connectivity index (χ2v) is 6.82. The highest BCUT2D eigenvalue weighted by Gasteiger charge is 2.42. The van der Waals surface area contributed by atoms with Gasteiger partial charge in [-0.15, -0.1) is 0 Å². The second kappa shape index (κ2) is 5.08. The minimum atomic E-state index is 0.104. The maximum absolute atomic E-state index is 12.6. The molecule has 3 nitrogen and oxygen atoms in total. The first kappa shape index (κ1) is 13.4. The van der Waals surface area contributed by atoms with E-state index < -0.39 is 0 Å². The van der Waals surface area contributed by atoms with Crippen LogP contribution in [0.5, 0.6) is 0 Å². The van der Waals surface area contributed by atoms with Crippen molar-refractivity contribution in [2.45, 2.75) is 12.8 Å². The molecule has 0 aromatic heterocycles. The summed E-state index contributed by atoms with van der Waals surface area (Å²) in [4.78, 5) is 14.5. The van der Waals surface area contributed by atoms with E-state index in [4.69, 9.17) is 11.6 Å². The molecule has 0 radical (unpaired) electrons. The van der Waals surface area contributed by atoms with Crippen molar-refractivity contribution < 1.29 is 4.79 Å². The fraction of sp³-hybridized carbons (Fsp3) is 0.500. The molecule has 1 spiro atoms. The lowest BCUT2D eigenvalue weighted by Crippen LogP contribution is -2.33. The number of likely N-dealkylation sites (tertiary alicyclic amines) is 1. The maximum atomic E-state index is 12.6. The highest BCUT2D eigenvalue weighted by atomic mass is 79.9. The molecule has 0 bridgehead atoms. The summed E-state index contributed by atoms with van der Waals surface area (Å²) in [6.45, 7) is 3.84. The zero-order valence-corrected chi connectivity index (χ0v) is 12.9. The number of carbonyl (C=O) groups excluding carboxylic acids is 1. The maximum Gasteiger partial charge on any atom is 0.255 e. The predicted molar refractivity (Wildman–Crippen MR) is 79.6 cm³/mol. The van der Waals surface area contributed by atoms with Gasteiger partial charge in [-0.3, -0.25) is 4.79 Å². The van der Waals surface area contributed by atoms with Crippen LogP contribution in [-0.2, 0) is 0 Å². The molecule has 0 aliphatic carbocycles. The third-order valence-corrected chi connectivity index (χ3v) is 5.11. The summed E-state index contributed by atoms with van der Waals surface area (Å²) in [5.74, 6) is 0.104. The van der Waals surface area contributed by atoms with E-state index in [1.54, 1.807) is 18.2 Å². The quantitative estimate of drug-likeness (QED) is 0.850. The van der Waals surface area contributed by atoms with Crippen LogP contribution in [0.2, 0.25) is 5.02 Å². The Bertz CT molecular complexity index is 514. The molecule has 2 heterocycles. The van der Waals surface area contributed by atoms with Crippen molar-refractivity contribution in [3.8, 4) is 0 Å². The molecule has 102 valence electrons. The number of nitrogens with zero attached hydrogens (tertiary/aromatic N) is 1. The lowest BCUT2D eigenvalue weighted by atomic mass is 9.86. The molecule has 1 aromatic carbocycles. The van der Waals surface area contributed by atoms with Gasteiger partial charge in [-0.05, 0) is 53.5 Å². The van der Waals surface area contributed by atoms with Gasteiger partial charge in [-0.25, -0.2) is 0 Å². The fourth-order valence-corrected chi connectivity index (χ4v) is 3.94. The normalized spacial score (nSPS) is 26.3. The van der Waals surface area contributed by atoms with Gasteiger partial charge in [0.25, 0.3) is 5.91 Å². The van der Waals surface area contributed by atoms with Crippen LogP contribution in [0.3, 0.4) is 0 Å². The van der Waals surface area contributed by atoms with Gasteiger partial charge in [0.05, 0.1) is 5.56 Å². The number of hydrogen-bond acceptors (Lipinski definition) is 2. The Hall–Kier alpha value is -0.580. The first-order valence-electron chi connectivity index (χ1n) is 6.55. The van der Waals surface area contributed by atoms with Gasteiger partial charge in [0.2, 0.25) is 0 Å². The van der Waals surface area contributed by atoms with Crippen LogP contribution in [0.15, 0.2) is 22.7 Å². The first-order valence-corrected chi connectivity index (χ1v) is 7.72. The summed E-state index contributed by atoms with van der Waals surface area (Å²) < 4.78 is 0.774. The van der Waals surface area contributed by atoms with E-state index in [-0.39, 0.29) is 5.91 Å². The van der Waals surface area contributed by atoms with Crippen molar-refractivity contribution in [2.24, 2.45) is 5.41 Å². The highest BCUT2D eigenvalue weighted by Crippen LogP contribution is 2.37. The number of nitrogens with one attached hydrogen (secondary N) is 1. The van der Waals surface area contributed by atoms with Gasteiger partial charge >= 0.3 is 0 Å². The SMILES string of the molecule is O=C(c1ccc(Cl)cc1Br)N1CCC2(CCNC2)C1. The number of benzene rings is 1. The Labute approximate surface area is 126 Å². The zero-order chi connectivity index (χ0) is 13.5. The number of amides is 1. The van der Waals surface area contributed by atoms with E-state index >= 15 is 0 Å². The molecule has 1 aromatic rings. The van der Waals surface area contributed by atoms with E-state index in [1.165, 1.54) is 6.42 Å². The van der Waals surface area contributed by atoms with Gasteiger partial charge in [0, 0.05) is 34.5 Å². The molecule has 1 unspecified atom stereocenters. The Morgan fingerprint density at radius 2 is 2.26 bits per heavy atom. The van der Waals surface area contributed by atoms with Crippen LogP contribution in [0.1, 0.15) is 23.2 Å². The molecular formula is C14H16BrClN2O. The van der Waals surface area contributed by atoms with Crippen molar-refractivity contribution >= 4 is 33.4 Å². The molecule has 0 saturated carbocycles. The summed E-state index contributed by atoms with van der Waals surface area (Å²) >= 11 is 9.34. The van der Waals surface area contributed by atoms with E-state index in [0.29, 0.717) is 16.0 Å². The van der Waals surface area contributed by atoms with Crippen molar-refractivity contribution in [2.75, 3.05) is 26.2 Å². The summed E-state index contributed by atoms with van der Waals surface area (Å²) in [6, 6.07) is 5.34. The number of carbonyl (C=O) groups is 1. The molecule has 5 heteroatoms. The summed E-state index contributed by atoms with van der Waals surface area (Å²) in [7, 11) is 0. The summed E-state index contributed by atoms with van der Waals surface area (Å²) in [5, 5.41) is 4.05. The van der Waals surface area contributed by atoms with Gasteiger partial charge in [-0.1, -0.05) is 11.6 Å². The van der Waals surface area contributed by atoms with Crippen LogP contribution < -0.4 is 5.32 Å². The van der Waals surface area contributed by atoms with E-state index in [0.717, 1.165) is 37.1 Å². The van der Waals surface area contributed by atoms with E-state index in [2.05, 4.69) is 21.2 Å². The van der Waals surface area contributed by atoms with Crippen LogP contribution in [0, 0.1) is 5.41 Å². The smallest absolute Gasteiger partial charge is 0.255 e. The average Bonchev–Trinajstić information content (AvgIpc) is 3.00. The van der Waals surface area contributed by atoms with Crippen LogP contribution in [0.4, 0.5) is 0 Å². The Kier molecular flexibility index (Phi) is 3.58. The van der Waals surface area contributed by atoms with Crippen molar-refractivity contribution in [3.63, 3.8) is 0 Å². The molecule has 19 heavy (non-hydrogen) atoms.